The highest BCUT2D eigenvalue weighted by Gasteiger charge is 2.15. The Balaban J connectivity index is 1.80. The van der Waals surface area contributed by atoms with Crippen LogP contribution in [0.1, 0.15) is 17.5 Å². The predicted molar refractivity (Wildman–Crippen MR) is 67.8 cm³/mol. The largest absolute Gasteiger partial charge is 0.381 e. The summed E-state index contributed by atoms with van der Waals surface area (Å²) in [5, 5.41) is 3.18. The SMILES string of the molecule is CNCc1ccccc1COCC1CCOC1. The third-order valence-corrected chi connectivity index (χ3v) is 3.12. The minimum absolute atomic E-state index is 0.589. The van der Waals surface area contributed by atoms with Crippen LogP contribution in [0, 0.1) is 5.92 Å². The number of hydrogen-bond donors (Lipinski definition) is 1. The van der Waals surface area contributed by atoms with E-state index in [2.05, 4.69) is 29.6 Å². The maximum Gasteiger partial charge on any atom is 0.0720 e. The van der Waals surface area contributed by atoms with E-state index in [1.807, 2.05) is 7.05 Å². The molecule has 0 aromatic heterocycles. The van der Waals surface area contributed by atoms with Crippen molar-refractivity contribution in [2.45, 2.75) is 19.6 Å². The molecule has 94 valence electrons. The van der Waals surface area contributed by atoms with E-state index in [1.54, 1.807) is 0 Å². The van der Waals surface area contributed by atoms with Gasteiger partial charge in [0.1, 0.15) is 0 Å². The van der Waals surface area contributed by atoms with Crippen molar-refractivity contribution in [1.29, 1.82) is 0 Å². The summed E-state index contributed by atoms with van der Waals surface area (Å²) >= 11 is 0. The molecule has 17 heavy (non-hydrogen) atoms. The van der Waals surface area contributed by atoms with Crippen molar-refractivity contribution < 1.29 is 9.47 Å². The van der Waals surface area contributed by atoms with Gasteiger partial charge in [0.15, 0.2) is 0 Å². The van der Waals surface area contributed by atoms with Crippen molar-refractivity contribution in [3.05, 3.63) is 35.4 Å². The summed E-state index contributed by atoms with van der Waals surface area (Å²) in [5.74, 6) is 0.589. The topological polar surface area (TPSA) is 30.5 Å². The maximum absolute atomic E-state index is 5.78. The fourth-order valence-corrected chi connectivity index (χ4v) is 2.11. The summed E-state index contributed by atoms with van der Waals surface area (Å²) in [5.41, 5.74) is 2.60. The molecule has 1 aliphatic rings. The van der Waals surface area contributed by atoms with Crippen LogP contribution in [0.15, 0.2) is 24.3 Å². The second kappa shape index (κ2) is 6.74. The summed E-state index contributed by atoms with van der Waals surface area (Å²) in [6.07, 6.45) is 1.14. The molecular weight excluding hydrogens is 214 g/mol. The normalized spacial score (nSPS) is 19.7. The lowest BCUT2D eigenvalue weighted by atomic mass is 10.1. The molecule has 0 bridgehead atoms. The molecule has 1 saturated heterocycles. The Morgan fingerprint density at radius 2 is 2.18 bits per heavy atom. The minimum Gasteiger partial charge on any atom is -0.381 e. The van der Waals surface area contributed by atoms with Gasteiger partial charge >= 0.3 is 0 Å². The Bertz CT molecular complexity index is 335. The monoisotopic (exact) mass is 235 g/mol. The van der Waals surface area contributed by atoms with Crippen molar-refractivity contribution in [3.63, 3.8) is 0 Å². The average Bonchev–Trinajstić information content (AvgIpc) is 2.85. The summed E-state index contributed by atoms with van der Waals surface area (Å²) in [6.45, 7) is 4.16. The van der Waals surface area contributed by atoms with Crippen LogP contribution < -0.4 is 5.32 Å². The fraction of sp³-hybridized carbons (Fsp3) is 0.571. The van der Waals surface area contributed by atoms with E-state index >= 15 is 0 Å². The molecule has 0 spiro atoms. The van der Waals surface area contributed by atoms with Gasteiger partial charge in [0, 0.05) is 19.1 Å². The molecule has 1 heterocycles. The van der Waals surface area contributed by atoms with Gasteiger partial charge < -0.3 is 14.8 Å². The molecule has 0 saturated carbocycles. The lowest BCUT2D eigenvalue weighted by Crippen LogP contribution is -2.11. The first-order valence-electron chi connectivity index (χ1n) is 6.27. The lowest BCUT2D eigenvalue weighted by Gasteiger charge is -2.12. The molecule has 0 aliphatic carbocycles. The van der Waals surface area contributed by atoms with E-state index in [4.69, 9.17) is 9.47 Å². The quantitative estimate of drug-likeness (QED) is 0.817. The summed E-state index contributed by atoms with van der Waals surface area (Å²) in [4.78, 5) is 0. The van der Waals surface area contributed by atoms with Crippen LogP contribution in [-0.2, 0) is 22.6 Å². The Hall–Kier alpha value is -0.900. The smallest absolute Gasteiger partial charge is 0.0720 e. The molecule has 1 fully saturated rings. The first-order chi connectivity index (χ1) is 8.40. The second-order valence-electron chi connectivity index (χ2n) is 4.54. The third-order valence-electron chi connectivity index (χ3n) is 3.12. The van der Waals surface area contributed by atoms with Gasteiger partial charge in [-0.15, -0.1) is 0 Å². The van der Waals surface area contributed by atoms with Crippen molar-refractivity contribution in [1.82, 2.24) is 5.32 Å². The van der Waals surface area contributed by atoms with Crippen molar-refractivity contribution in [2.75, 3.05) is 26.9 Å². The van der Waals surface area contributed by atoms with E-state index in [1.165, 1.54) is 11.1 Å². The molecule has 1 aromatic carbocycles. The molecule has 1 atom stereocenters. The van der Waals surface area contributed by atoms with Gasteiger partial charge in [-0.1, -0.05) is 24.3 Å². The van der Waals surface area contributed by atoms with Crippen LogP contribution in [0.25, 0.3) is 0 Å². The molecule has 3 heteroatoms. The first kappa shape index (κ1) is 12.6. The van der Waals surface area contributed by atoms with E-state index < -0.39 is 0 Å². The summed E-state index contributed by atoms with van der Waals surface area (Å²) in [6, 6.07) is 8.42. The molecule has 0 radical (unpaired) electrons. The van der Waals surface area contributed by atoms with E-state index in [0.29, 0.717) is 12.5 Å². The Morgan fingerprint density at radius 1 is 1.35 bits per heavy atom. The van der Waals surface area contributed by atoms with Gasteiger partial charge in [-0.05, 0) is 24.6 Å². The molecular formula is C14H21NO2. The number of hydrogen-bond acceptors (Lipinski definition) is 3. The average molecular weight is 235 g/mol. The van der Waals surface area contributed by atoms with Crippen LogP contribution in [-0.4, -0.2) is 26.9 Å². The summed E-state index contributed by atoms with van der Waals surface area (Å²) in [7, 11) is 1.97. The molecule has 1 aliphatic heterocycles. The number of rotatable bonds is 6. The molecule has 1 unspecified atom stereocenters. The molecule has 1 aromatic rings. The molecule has 3 nitrogen and oxygen atoms in total. The number of benzene rings is 1. The predicted octanol–water partition coefficient (Wildman–Crippen LogP) is 1.96. The van der Waals surface area contributed by atoms with Gasteiger partial charge in [-0.3, -0.25) is 0 Å². The van der Waals surface area contributed by atoms with E-state index in [0.717, 1.165) is 32.8 Å². The van der Waals surface area contributed by atoms with Crippen LogP contribution in [0.3, 0.4) is 0 Å². The molecule has 0 amide bonds. The lowest BCUT2D eigenvalue weighted by molar-refractivity contribution is 0.0787. The Labute approximate surface area is 103 Å². The van der Waals surface area contributed by atoms with Crippen LogP contribution in [0.4, 0.5) is 0 Å². The van der Waals surface area contributed by atoms with Gasteiger partial charge in [-0.2, -0.15) is 0 Å². The third kappa shape index (κ3) is 3.80. The fourth-order valence-electron chi connectivity index (χ4n) is 2.11. The Kier molecular flexibility index (Phi) is 4.98. The highest BCUT2D eigenvalue weighted by molar-refractivity contribution is 5.26. The van der Waals surface area contributed by atoms with Crippen molar-refractivity contribution >= 4 is 0 Å². The van der Waals surface area contributed by atoms with Crippen molar-refractivity contribution in [2.24, 2.45) is 5.92 Å². The zero-order valence-corrected chi connectivity index (χ0v) is 10.4. The zero-order valence-electron chi connectivity index (χ0n) is 10.4. The van der Waals surface area contributed by atoms with Gasteiger partial charge in [0.05, 0.1) is 19.8 Å². The van der Waals surface area contributed by atoms with Gasteiger partial charge in [0.25, 0.3) is 0 Å². The van der Waals surface area contributed by atoms with Crippen LogP contribution >= 0.6 is 0 Å². The zero-order chi connectivity index (χ0) is 11.9. The standard InChI is InChI=1S/C14H21NO2/c1-15-8-13-4-2-3-5-14(13)11-17-10-12-6-7-16-9-12/h2-5,12,15H,6-11H2,1H3. The molecule has 1 N–H and O–H groups in total. The van der Waals surface area contributed by atoms with Crippen molar-refractivity contribution in [3.8, 4) is 0 Å². The first-order valence-corrected chi connectivity index (χ1v) is 6.27. The maximum atomic E-state index is 5.78. The summed E-state index contributed by atoms with van der Waals surface area (Å²) < 4.78 is 11.1. The minimum atomic E-state index is 0.589. The number of ether oxygens (including phenoxy) is 2. The van der Waals surface area contributed by atoms with E-state index in [9.17, 15) is 0 Å². The van der Waals surface area contributed by atoms with Crippen LogP contribution in [0.5, 0.6) is 0 Å². The van der Waals surface area contributed by atoms with E-state index in [-0.39, 0.29) is 0 Å². The number of nitrogens with one attached hydrogen (secondary N) is 1. The highest BCUT2D eigenvalue weighted by atomic mass is 16.5. The Morgan fingerprint density at radius 3 is 2.88 bits per heavy atom. The molecule has 2 rings (SSSR count). The van der Waals surface area contributed by atoms with Gasteiger partial charge in [0.2, 0.25) is 0 Å². The highest BCUT2D eigenvalue weighted by Crippen LogP contribution is 2.15. The van der Waals surface area contributed by atoms with Crippen LogP contribution in [0.2, 0.25) is 0 Å². The second-order valence-corrected chi connectivity index (χ2v) is 4.54. The van der Waals surface area contributed by atoms with Gasteiger partial charge in [-0.25, -0.2) is 0 Å².